The molecule has 29 heavy (non-hydrogen) atoms. The molecular weight excluding hydrogens is 434 g/mol. The molecule has 6 heteroatoms. The smallest absolute Gasteiger partial charge is 0.244 e. The summed E-state index contributed by atoms with van der Waals surface area (Å²) in [6, 6.07) is 13.8. The molecule has 154 valence electrons. The van der Waals surface area contributed by atoms with Crippen molar-refractivity contribution in [2.75, 3.05) is 34.0 Å². The maximum Gasteiger partial charge on any atom is 0.244 e. The molecule has 0 spiro atoms. The number of nitrogens with one attached hydrogen (secondary N) is 1. The van der Waals surface area contributed by atoms with Crippen LogP contribution < -0.4 is 14.8 Å². The lowest BCUT2D eigenvalue weighted by molar-refractivity contribution is -0.116. The van der Waals surface area contributed by atoms with E-state index in [1.54, 1.807) is 32.4 Å². The number of carbonyl (C=O) groups excluding carboxylic acids is 1. The van der Waals surface area contributed by atoms with Gasteiger partial charge in [-0.25, -0.2) is 0 Å². The minimum atomic E-state index is -0.132. The summed E-state index contributed by atoms with van der Waals surface area (Å²) in [4.78, 5) is 12.5. The second-order valence-electron chi connectivity index (χ2n) is 7.10. The third kappa shape index (κ3) is 5.61. The molecule has 1 amide bonds. The van der Waals surface area contributed by atoms with Crippen molar-refractivity contribution in [2.24, 2.45) is 0 Å². The summed E-state index contributed by atoms with van der Waals surface area (Å²) in [5.74, 6) is 1.23. The molecule has 2 aromatic rings. The van der Waals surface area contributed by atoms with Crippen molar-refractivity contribution in [3.05, 3.63) is 64.1 Å². The standard InChI is InChI=1S/C23H26BrNO4/c1-27-20-12-17(13-21(15-20)28-2)6-7-22(26)25-16-23(8-10-29-11-9-23)18-4-3-5-19(24)14-18/h3-7,12-15H,8-11,16H2,1-2H3,(H,25,26). The summed E-state index contributed by atoms with van der Waals surface area (Å²) < 4.78 is 17.2. The van der Waals surface area contributed by atoms with Gasteiger partial charge in [-0.2, -0.15) is 0 Å². The molecule has 2 aromatic carbocycles. The van der Waals surface area contributed by atoms with E-state index in [9.17, 15) is 4.79 Å². The van der Waals surface area contributed by atoms with Gasteiger partial charge in [-0.05, 0) is 54.3 Å². The van der Waals surface area contributed by atoms with E-state index < -0.39 is 0 Å². The fourth-order valence-corrected chi connectivity index (χ4v) is 3.96. The summed E-state index contributed by atoms with van der Waals surface area (Å²) in [5.41, 5.74) is 1.94. The van der Waals surface area contributed by atoms with Crippen LogP contribution >= 0.6 is 15.9 Å². The first-order valence-corrected chi connectivity index (χ1v) is 10.4. The third-order valence-electron chi connectivity index (χ3n) is 5.29. The number of methoxy groups -OCH3 is 2. The molecule has 0 aliphatic carbocycles. The predicted molar refractivity (Wildman–Crippen MR) is 117 cm³/mol. The Morgan fingerprint density at radius 2 is 1.83 bits per heavy atom. The molecule has 1 aliphatic heterocycles. The summed E-state index contributed by atoms with van der Waals surface area (Å²) in [5, 5.41) is 3.08. The largest absolute Gasteiger partial charge is 0.497 e. The van der Waals surface area contributed by atoms with Crippen LogP contribution in [0.1, 0.15) is 24.0 Å². The molecule has 0 radical (unpaired) electrons. The van der Waals surface area contributed by atoms with Crippen molar-refractivity contribution in [3.63, 3.8) is 0 Å². The molecule has 0 bridgehead atoms. The molecule has 0 saturated carbocycles. The number of carbonyl (C=O) groups is 1. The van der Waals surface area contributed by atoms with E-state index >= 15 is 0 Å². The van der Waals surface area contributed by atoms with Crippen LogP contribution in [0.15, 0.2) is 53.0 Å². The predicted octanol–water partition coefficient (Wildman–Crippen LogP) is 4.34. The first-order valence-electron chi connectivity index (χ1n) is 9.57. The number of ether oxygens (including phenoxy) is 3. The van der Waals surface area contributed by atoms with Crippen molar-refractivity contribution in [2.45, 2.75) is 18.3 Å². The minimum Gasteiger partial charge on any atom is -0.497 e. The lowest BCUT2D eigenvalue weighted by atomic mass is 9.74. The zero-order chi connectivity index (χ0) is 20.7. The van der Waals surface area contributed by atoms with Crippen molar-refractivity contribution < 1.29 is 19.0 Å². The van der Waals surface area contributed by atoms with E-state index in [0.717, 1.165) is 22.9 Å². The van der Waals surface area contributed by atoms with Crippen LogP contribution in [-0.2, 0) is 14.9 Å². The molecule has 1 aliphatic rings. The Kier molecular flexibility index (Phi) is 7.34. The number of hydrogen-bond donors (Lipinski definition) is 1. The normalized spacial score (nSPS) is 15.8. The zero-order valence-electron chi connectivity index (χ0n) is 16.7. The highest BCUT2D eigenvalue weighted by atomic mass is 79.9. The summed E-state index contributed by atoms with van der Waals surface area (Å²) >= 11 is 3.56. The van der Waals surface area contributed by atoms with Crippen LogP contribution in [0.5, 0.6) is 11.5 Å². The Morgan fingerprint density at radius 3 is 2.45 bits per heavy atom. The highest BCUT2D eigenvalue weighted by Gasteiger charge is 2.34. The van der Waals surface area contributed by atoms with Crippen LogP contribution in [0.2, 0.25) is 0 Å². The molecule has 3 rings (SSSR count). The van der Waals surface area contributed by atoms with Gasteiger partial charge in [0.15, 0.2) is 0 Å². The molecule has 1 N–H and O–H groups in total. The fraction of sp³-hybridized carbons (Fsp3) is 0.348. The van der Waals surface area contributed by atoms with Crippen molar-refractivity contribution in [1.29, 1.82) is 0 Å². The second kappa shape index (κ2) is 9.94. The quantitative estimate of drug-likeness (QED) is 0.625. The van der Waals surface area contributed by atoms with Crippen LogP contribution in [0.4, 0.5) is 0 Å². The fourth-order valence-electron chi connectivity index (χ4n) is 3.56. The highest BCUT2D eigenvalue weighted by molar-refractivity contribution is 9.10. The van der Waals surface area contributed by atoms with Gasteiger partial charge in [0.1, 0.15) is 11.5 Å². The van der Waals surface area contributed by atoms with Gasteiger partial charge >= 0.3 is 0 Å². The summed E-state index contributed by atoms with van der Waals surface area (Å²) in [6.07, 6.45) is 5.05. The minimum absolute atomic E-state index is 0.120. The first-order chi connectivity index (χ1) is 14.0. The number of benzene rings is 2. The maximum atomic E-state index is 12.5. The Bertz CT molecular complexity index is 853. The van der Waals surface area contributed by atoms with Crippen molar-refractivity contribution in [3.8, 4) is 11.5 Å². The molecule has 1 fully saturated rings. The molecule has 5 nitrogen and oxygen atoms in total. The molecule has 1 heterocycles. The molecule has 0 atom stereocenters. The van der Waals surface area contributed by atoms with E-state index in [1.807, 2.05) is 24.3 Å². The van der Waals surface area contributed by atoms with Crippen molar-refractivity contribution in [1.82, 2.24) is 5.32 Å². The van der Waals surface area contributed by atoms with Crippen LogP contribution in [-0.4, -0.2) is 39.9 Å². The Morgan fingerprint density at radius 1 is 1.14 bits per heavy atom. The van der Waals surface area contributed by atoms with E-state index in [2.05, 4.69) is 33.4 Å². The maximum absolute atomic E-state index is 12.5. The van der Waals surface area contributed by atoms with E-state index in [4.69, 9.17) is 14.2 Å². The summed E-state index contributed by atoms with van der Waals surface area (Å²) in [6.45, 7) is 1.96. The number of halogens is 1. The number of rotatable bonds is 7. The zero-order valence-corrected chi connectivity index (χ0v) is 18.3. The Labute approximate surface area is 180 Å². The van der Waals surface area contributed by atoms with Gasteiger partial charge in [0.25, 0.3) is 0 Å². The average molecular weight is 460 g/mol. The number of hydrogen-bond acceptors (Lipinski definition) is 4. The summed E-state index contributed by atoms with van der Waals surface area (Å²) in [7, 11) is 3.20. The van der Waals surface area contributed by atoms with Gasteiger partial charge in [-0.15, -0.1) is 0 Å². The molecule has 0 unspecified atom stereocenters. The van der Waals surface area contributed by atoms with E-state index in [-0.39, 0.29) is 11.3 Å². The topological polar surface area (TPSA) is 56.8 Å². The van der Waals surface area contributed by atoms with E-state index in [0.29, 0.717) is 31.3 Å². The van der Waals surface area contributed by atoms with Gasteiger partial charge in [-0.1, -0.05) is 28.1 Å². The van der Waals surface area contributed by atoms with Gasteiger partial charge in [0.2, 0.25) is 5.91 Å². The molecular formula is C23H26BrNO4. The van der Waals surface area contributed by atoms with Gasteiger partial charge in [0, 0.05) is 41.8 Å². The van der Waals surface area contributed by atoms with Gasteiger partial charge in [-0.3, -0.25) is 4.79 Å². The van der Waals surface area contributed by atoms with Gasteiger partial charge in [0.05, 0.1) is 14.2 Å². The van der Waals surface area contributed by atoms with Crippen LogP contribution in [0.3, 0.4) is 0 Å². The van der Waals surface area contributed by atoms with Gasteiger partial charge < -0.3 is 19.5 Å². The molecule has 1 saturated heterocycles. The first kappa shape index (κ1) is 21.4. The number of amides is 1. The Hall–Kier alpha value is -2.31. The Balaban J connectivity index is 1.70. The SMILES string of the molecule is COc1cc(C=CC(=O)NCC2(c3cccc(Br)c3)CCOCC2)cc(OC)c1. The van der Waals surface area contributed by atoms with Crippen LogP contribution in [0.25, 0.3) is 6.08 Å². The lowest BCUT2D eigenvalue weighted by Gasteiger charge is -2.38. The van der Waals surface area contributed by atoms with E-state index in [1.165, 1.54) is 5.56 Å². The highest BCUT2D eigenvalue weighted by Crippen LogP contribution is 2.35. The lowest BCUT2D eigenvalue weighted by Crippen LogP contribution is -2.44. The molecule has 0 aromatic heterocycles. The van der Waals surface area contributed by atoms with Crippen LogP contribution in [0, 0.1) is 0 Å². The second-order valence-corrected chi connectivity index (χ2v) is 8.02. The monoisotopic (exact) mass is 459 g/mol. The van der Waals surface area contributed by atoms with Crippen molar-refractivity contribution >= 4 is 27.9 Å². The average Bonchev–Trinajstić information content (AvgIpc) is 2.76. The third-order valence-corrected chi connectivity index (χ3v) is 5.78.